The third-order valence-corrected chi connectivity index (χ3v) is 12.2. The van der Waals surface area contributed by atoms with Crippen molar-refractivity contribution in [2.75, 3.05) is 37.7 Å². The van der Waals surface area contributed by atoms with Gasteiger partial charge in [0.1, 0.15) is 5.75 Å². The van der Waals surface area contributed by atoms with Gasteiger partial charge in [-0.15, -0.1) is 0 Å². The van der Waals surface area contributed by atoms with Crippen LogP contribution in [0.5, 0.6) is 5.75 Å². The van der Waals surface area contributed by atoms with Crippen LogP contribution in [0.3, 0.4) is 0 Å². The van der Waals surface area contributed by atoms with Gasteiger partial charge in [-0.25, -0.2) is 13.1 Å². The first-order chi connectivity index (χ1) is 19.7. The van der Waals surface area contributed by atoms with Gasteiger partial charge in [0.25, 0.3) is 5.91 Å². The molecule has 218 valence electrons. The van der Waals surface area contributed by atoms with E-state index in [1.807, 2.05) is 12.1 Å². The molecule has 1 saturated heterocycles. The summed E-state index contributed by atoms with van der Waals surface area (Å²) in [5.41, 5.74) is 3.43. The Hall–Kier alpha value is -2.78. The van der Waals surface area contributed by atoms with E-state index in [1.165, 1.54) is 11.1 Å². The maximum atomic E-state index is 13.3. The molecule has 7 rings (SSSR count). The number of halogens is 1. The molecule has 1 N–H and O–H groups in total. The van der Waals surface area contributed by atoms with Crippen LogP contribution in [-0.2, 0) is 26.7 Å². The van der Waals surface area contributed by atoms with E-state index in [2.05, 4.69) is 21.8 Å². The molecule has 3 heterocycles. The van der Waals surface area contributed by atoms with E-state index in [-0.39, 0.29) is 23.4 Å². The van der Waals surface area contributed by atoms with Crippen molar-refractivity contribution in [3.8, 4) is 5.75 Å². The standard InChI is InChI=1S/C31H36ClN3O5S/c32-24-7-8-26-21(14-24)2-1-12-31(26)18-35-16-23-4-3-20(23)6-10-29(36)34-13-11-25(17-34)41(38,39)33-30(37)22-5-9-28(40-19-31)27(35)15-22/h5,7-9,14-15,20,23,25H,1-4,6,10-13,16-19H2,(H,33,37)/t20-,23-,25-,31-/m0/s1. The molecule has 4 bridgehead atoms. The van der Waals surface area contributed by atoms with Crippen LogP contribution in [0.25, 0.3) is 0 Å². The quantitative estimate of drug-likeness (QED) is 0.487. The molecule has 2 amide bonds. The highest BCUT2D eigenvalue weighted by Gasteiger charge is 2.44. The lowest BCUT2D eigenvalue weighted by molar-refractivity contribution is -0.130. The highest BCUT2D eigenvalue weighted by Crippen LogP contribution is 2.47. The van der Waals surface area contributed by atoms with Crippen molar-refractivity contribution >= 4 is 39.1 Å². The molecule has 2 aromatic rings. The first-order valence-electron chi connectivity index (χ1n) is 14.9. The summed E-state index contributed by atoms with van der Waals surface area (Å²) in [5, 5.41) is -0.0500. The molecule has 0 aromatic heterocycles. The Morgan fingerprint density at radius 3 is 2.63 bits per heavy atom. The minimum absolute atomic E-state index is 0.0128. The van der Waals surface area contributed by atoms with Gasteiger partial charge in [-0.05, 0) is 98.2 Å². The molecule has 10 heteroatoms. The van der Waals surface area contributed by atoms with Gasteiger partial charge in [0, 0.05) is 48.6 Å². The van der Waals surface area contributed by atoms with Crippen LogP contribution in [0.1, 0.15) is 66.4 Å². The second kappa shape index (κ2) is 10.2. The van der Waals surface area contributed by atoms with E-state index >= 15 is 0 Å². The van der Waals surface area contributed by atoms with Crippen molar-refractivity contribution < 1.29 is 22.7 Å². The molecule has 3 aliphatic heterocycles. The Kier molecular flexibility index (Phi) is 6.73. The number of aryl methyl sites for hydroxylation is 1. The first kappa shape index (κ1) is 27.1. The number of amides is 2. The Bertz CT molecular complexity index is 1510. The number of carbonyl (C=O) groups excluding carboxylic acids is 2. The fraction of sp³-hybridized carbons (Fsp3) is 0.548. The summed E-state index contributed by atoms with van der Waals surface area (Å²) >= 11 is 6.38. The van der Waals surface area contributed by atoms with Crippen LogP contribution in [0.2, 0.25) is 5.02 Å². The first-order valence-corrected chi connectivity index (χ1v) is 16.8. The Morgan fingerprint density at radius 1 is 0.951 bits per heavy atom. The SMILES string of the molecule is O=C1NS(=O)(=O)[C@H]2CCN(C2)C(=O)CC[C@@H]2CC[C@H]2CN2C[C@@]3(CCCc4cc(Cl)ccc43)COc3ccc1cc32. The lowest BCUT2D eigenvalue weighted by atomic mass is 9.69. The molecule has 8 nitrogen and oxygen atoms in total. The second-order valence-corrected chi connectivity index (χ2v) is 15.0. The zero-order chi connectivity index (χ0) is 28.4. The van der Waals surface area contributed by atoms with E-state index in [9.17, 15) is 18.0 Å². The smallest absolute Gasteiger partial charge is 0.264 e. The molecule has 1 spiro atoms. The van der Waals surface area contributed by atoms with Crippen LogP contribution in [0.4, 0.5) is 5.69 Å². The van der Waals surface area contributed by atoms with Crippen LogP contribution >= 0.6 is 11.6 Å². The number of sulfonamides is 1. The van der Waals surface area contributed by atoms with Crippen molar-refractivity contribution in [2.45, 2.75) is 62.0 Å². The van der Waals surface area contributed by atoms with Crippen molar-refractivity contribution in [1.29, 1.82) is 0 Å². The van der Waals surface area contributed by atoms with Gasteiger partial charge in [-0.3, -0.25) is 9.59 Å². The van der Waals surface area contributed by atoms with Crippen molar-refractivity contribution in [2.24, 2.45) is 11.8 Å². The molecule has 1 saturated carbocycles. The second-order valence-electron chi connectivity index (χ2n) is 12.6. The minimum atomic E-state index is -3.94. The number of benzene rings is 2. The summed E-state index contributed by atoms with van der Waals surface area (Å²) in [6.07, 6.45) is 6.80. The molecular weight excluding hydrogens is 562 g/mol. The van der Waals surface area contributed by atoms with Crippen LogP contribution in [0, 0.1) is 11.8 Å². The zero-order valence-corrected chi connectivity index (χ0v) is 24.7. The largest absolute Gasteiger partial charge is 0.490 e. The summed E-state index contributed by atoms with van der Waals surface area (Å²) in [4.78, 5) is 30.4. The van der Waals surface area contributed by atoms with Crippen LogP contribution in [-0.4, -0.2) is 63.2 Å². The van der Waals surface area contributed by atoms with Gasteiger partial charge in [-0.2, -0.15) is 0 Å². The lowest BCUT2D eigenvalue weighted by Gasteiger charge is -2.44. The summed E-state index contributed by atoms with van der Waals surface area (Å²) < 4.78 is 35.1. The third kappa shape index (κ3) is 4.88. The van der Waals surface area contributed by atoms with Crippen molar-refractivity contribution in [1.82, 2.24) is 9.62 Å². The highest BCUT2D eigenvalue weighted by atomic mass is 35.5. The third-order valence-electron chi connectivity index (χ3n) is 10.2. The van der Waals surface area contributed by atoms with E-state index in [0.29, 0.717) is 43.6 Å². The number of nitrogens with one attached hydrogen (secondary N) is 1. The number of hydrogen-bond acceptors (Lipinski definition) is 6. The average Bonchev–Trinajstić information content (AvgIpc) is 3.39. The summed E-state index contributed by atoms with van der Waals surface area (Å²) in [6.45, 7) is 2.60. The fourth-order valence-corrected chi connectivity index (χ4v) is 9.27. The van der Waals surface area contributed by atoms with E-state index < -0.39 is 21.2 Å². The summed E-state index contributed by atoms with van der Waals surface area (Å²) in [5.74, 6) is 0.959. The van der Waals surface area contributed by atoms with Gasteiger partial charge in [0.15, 0.2) is 0 Å². The zero-order valence-electron chi connectivity index (χ0n) is 23.1. The molecule has 4 atom stereocenters. The van der Waals surface area contributed by atoms with Crippen molar-refractivity contribution in [3.63, 3.8) is 0 Å². The monoisotopic (exact) mass is 597 g/mol. The van der Waals surface area contributed by atoms with Gasteiger partial charge < -0.3 is 14.5 Å². The Morgan fingerprint density at radius 2 is 1.80 bits per heavy atom. The van der Waals surface area contributed by atoms with E-state index in [1.54, 1.807) is 17.0 Å². The number of hydrogen-bond donors (Lipinski definition) is 1. The predicted octanol–water partition coefficient (Wildman–Crippen LogP) is 4.29. The number of rotatable bonds is 0. The number of nitrogens with zero attached hydrogens (tertiary/aromatic N) is 2. The lowest BCUT2D eigenvalue weighted by Crippen LogP contribution is -2.48. The van der Waals surface area contributed by atoms with Gasteiger partial charge in [-0.1, -0.05) is 17.7 Å². The molecule has 2 fully saturated rings. The molecule has 41 heavy (non-hydrogen) atoms. The number of anilines is 1. The molecule has 0 radical (unpaired) electrons. The molecule has 2 aliphatic carbocycles. The highest BCUT2D eigenvalue weighted by molar-refractivity contribution is 7.90. The van der Waals surface area contributed by atoms with E-state index in [4.69, 9.17) is 16.3 Å². The summed E-state index contributed by atoms with van der Waals surface area (Å²) in [7, 11) is -3.94. The topological polar surface area (TPSA) is 96.0 Å². The maximum absolute atomic E-state index is 13.3. The van der Waals surface area contributed by atoms with Crippen molar-refractivity contribution in [3.05, 3.63) is 58.1 Å². The van der Waals surface area contributed by atoms with E-state index in [0.717, 1.165) is 62.3 Å². The van der Waals surface area contributed by atoms with Crippen LogP contribution < -0.4 is 14.4 Å². The summed E-state index contributed by atoms with van der Waals surface area (Å²) in [6, 6.07) is 11.5. The number of carbonyl (C=O) groups is 2. The fourth-order valence-electron chi connectivity index (χ4n) is 7.74. The normalized spacial score (nSPS) is 30.9. The molecule has 2 aromatic carbocycles. The predicted molar refractivity (Wildman–Crippen MR) is 157 cm³/mol. The molecule has 0 unspecified atom stereocenters. The van der Waals surface area contributed by atoms with Gasteiger partial charge >= 0.3 is 0 Å². The van der Waals surface area contributed by atoms with Crippen LogP contribution in [0.15, 0.2) is 36.4 Å². The number of ether oxygens (including phenoxy) is 1. The number of fused-ring (bicyclic) bond motifs is 6. The Labute approximate surface area is 246 Å². The Balaban J connectivity index is 1.28. The molecular formula is C31H36ClN3O5S. The molecule has 5 aliphatic rings. The van der Waals surface area contributed by atoms with Gasteiger partial charge in [0.2, 0.25) is 15.9 Å². The van der Waals surface area contributed by atoms with Gasteiger partial charge in [0.05, 0.1) is 17.5 Å². The maximum Gasteiger partial charge on any atom is 0.264 e. The minimum Gasteiger partial charge on any atom is -0.490 e. The average molecular weight is 598 g/mol.